The first-order chi connectivity index (χ1) is 14.1. The maximum atomic E-state index is 12.9. The fourth-order valence-electron chi connectivity index (χ4n) is 3.80. The molecule has 0 saturated carbocycles. The minimum Gasteiger partial charge on any atom is -0.469 e. The van der Waals surface area contributed by atoms with Crippen LogP contribution < -0.4 is 9.47 Å². The molecule has 0 radical (unpaired) electrons. The molecule has 0 fully saturated rings. The molecule has 1 aliphatic rings. The van der Waals surface area contributed by atoms with Crippen molar-refractivity contribution in [3.63, 3.8) is 0 Å². The fraction of sp³-hybridized carbons (Fsp3) is 0.208. The number of hydrogen-bond donors (Lipinski definition) is 1. The maximum absolute atomic E-state index is 12.9. The molecule has 1 N–H and O–H groups in total. The van der Waals surface area contributed by atoms with Crippen molar-refractivity contribution in [2.24, 2.45) is 5.92 Å². The van der Waals surface area contributed by atoms with Gasteiger partial charge in [-0.25, -0.2) is 0 Å². The van der Waals surface area contributed by atoms with Gasteiger partial charge in [-0.1, -0.05) is 66.7 Å². The van der Waals surface area contributed by atoms with E-state index in [0.29, 0.717) is 22.6 Å². The lowest BCUT2D eigenvalue weighted by Gasteiger charge is -2.36. The van der Waals surface area contributed by atoms with Crippen molar-refractivity contribution in [2.45, 2.75) is 12.0 Å². The number of methoxy groups -OCH3 is 1. The third-order valence-electron chi connectivity index (χ3n) is 5.29. The number of rotatable bonds is 6. The first kappa shape index (κ1) is 19.0. The second-order valence-corrected chi connectivity index (χ2v) is 6.97. The number of ether oxygens (including phenoxy) is 3. The van der Waals surface area contributed by atoms with Gasteiger partial charge in [-0.3, -0.25) is 4.79 Å². The summed E-state index contributed by atoms with van der Waals surface area (Å²) in [4.78, 5) is 12.9. The van der Waals surface area contributed by atoms with Crippen molar-refractivity contribution in [3.8, 4) is 11.5 Å². The Morgan fingerprint density at radius 2 is 1.55 bits per heavy atom. The van der Waals surface area contributed by atoms with Crippen LogP contribution in [0.1, 0.15) is 16.7 Å². The molecule has 1 aliphatic heterocycles. The van der Waals surface area contributed by atoms with Crippen molar-refractivity contribution in [3.05, 3.63) is 95.6 Å². The summed E-state index contributed by atoms with van der Waals surface area (Å²) in [5.41, 5.74) is 0.533. The molecule has 3 aromatic carbocycles. The molecule has 1 heterocycles. The van der Waals surface area contributed by atoms with Crippen molar-refractivity contribution in [1.29, 1.82) is 0 Å². The van der Waals surface area contributed by atoms with E-state index in [1.54, 1.807) is 0 Å². The predicted molar refractivity (Wildman–Crippen MR) is 108 cm³/mol. The van der Waals surface area contributed by atoms with E-state index >= 15 is 0 Å². The SMILES string of the molecule is COC(=O)C(Cc1ccc2c(c1)OCO2)C(O)(c1ccccc1)c1ccccc1. The van der Waals surface area contributed by atoms with Gasteiger partial charge >= 0.3 is 5.97 Å². The van der Waals surface area contributed by atoms with Crippen molar-refractivity contribution >= 4 is 5.97 Å². The fourth-order valence-corrected chi connectivity index (χ4v) is 3.80. The number of carbonyl (C=O) groups is 1. The molecular weight excluding hydrogens is 368 g/mol. The van der Waals surface area contributed by atoms with Crippen LogP contribution in [-0.2, 0) is 21.6 Å². The van der Waals surface area contributed by atoms with Crippen molar-refractivity contribution < 1.29 is 24.1 Å². The minimum absolute atomic E-state index is 0.178. The van der Waals surface area contributed by atoms with Gasteiger partial charge in [-0.05, 0) is 35.2 Å². The molecular formula is C24H22O5. The zero-order chi connectivity index (χ0) is 20.3. The van der Waals surface area contributed by atoms with Crippen LogP contribution in [0.4, 0.5) is 0 Å². The summed E-state index contributed by atoms with van der Waals surface area (Å²) < 4.78 is 15.9. The number of benzene rings is 3. The van der Waals surface area contributed by atoms with Crippen LogP contribution in [0.25, 0.3) is 0 Å². The lowest BCUT2D eigenvalue weighted by Crippen LogP contribution is -2.43. The molecule has 4 rings (SSSR count). The van der Waals surface area contributed by atoms with Gasteiger partial charge in [0.25, 0.3) is 0 Å². The van der Waals surface area contributed by atoms with Crippen LogP contribution in [0, 0.1) is 5.92 Å². The van der Waals surface area contributed by atoms with E-state index in [4.69, 9.17) is 14.2 Å². The van der Waals surface area contributed by atoms with Crippen molar-refractivity contribution in [1.82, 2.24) is 0 Å². The summed E-state index contributed by atoms with van der Waals surface area (Å²) in [7, 11) is 1.34. The molecule has 29 heavy (non-hydrogen) atoms. The summed E-state index contributed by atoms with van der Waals surface area (Å²) >= 11 is 0. The summed E-state index contributed by atoms with van der Waals surface area (Å²) in [6.45, 7) is 0.178. The van der Waals surface area contributed by atoms with E-state index in [-0.39, 0.29) is 13.2 Å². The monoisotopic (exact) mass is 390 g/mol. The molecule has 0 saturated heterocycles. The summed E-state index contributed by atoms with van der Waals surface area (Å²) in [6, 6.07) is 24.0. The van der Waals surface area contributed by atoms with Gasteiger partial charge in [-0.2, -0.15) is 0 Å². The number of hydrogen-bond acceptors (Lipinski definition) is 5. The Hall–Kier alpha value is -3.31. The van der Waals surface area contributed by atoms with Gasteiger partial charge in [0.2, 0.25) is 6.79 Å². The maximum Gasteiger partial charge on any atom is 0.312 e. The van der Waals surface area contributed by atoms with Crippen LogP contribution in [0.5, 0.6) is 11.5 Å². The molecule has 0 aliphatic carbocycles. The zero-order valence-electron chi connectivity index (χ0n) is 16.1. The van der Waals surface area contributed by atoms with Crippen LogP contribution in [0.15, 0.2) is 78.9 Å². The molecule has 1 unspecified atom stereocenters. The van der Waals surface area contributed by atoms with Gasteiger partial charge < -0.3 is 19.3 Å². The number of esters is 1. The van der Waals surface area contributed by atoms with Gasteiger partial charge in [0.15, 0.2) is 11.5 Å². The molecule has 0 spiro atoms. The molecule has 148 valence electrons. The summed E-state index contributed by atoms with van der Waals surface area (Å²) in [6.07, 6.45) is 0.267. The molecule has 0 bridgehead atoms. The first-order valence-corrected chi connectivity index (χ1v) is 9.42. The van der Waals surface area contributed by atoms with Crippen LogP contribution >= 0.6 is 0 Å². The van der Waals surface area contributed by atoms with E-state index in [2.05, 4.69) is 0 Å². The van der Waals surface area contributed by atoms with E-state index in [0.717, 1.165) is 5.56 Å². The van der Waals surface area contributed by atoms with Crippen LogP contribution in [0.2, 0.25) is 0 Å². The zero-order valence-corrected chi connectivity index (χ0v) is 16.1. The smallest absolute Gasteiger partial charge is 0.312 e. The minimum atomic E-state index is -1.56. The van der Waals surface area contributed by atoms with Gasteiger partial charge in [0.05, 0.1) is 13.0 Å². The molecule has 0 aromatic heterocycles. The van der Waals surface area contributed by atoms with Crippen LogP contribution in [-0.4, -0.2) is 25.0 Å². The van der Waals surface area contributed by atoms with E-state index in [1.165, 1.54) is 7.11 Å². The molecule has 3 aromatic rings. The lowest BCUT2D eigenvalue weighted by atomic mass is 9.73. The Morgan fingerprint density at radius 1 is 0.966 bits per heavy atom. The van der Waals surface area contributed by atoms with Gasteiger partial charge in [0.1, 0.15) is 5.60 Å². The quantitative estimate of drug-likeness (QED) is 0.651. The second kappa shape index (κ2) is 7.97. The summed E-state index contributed by atoms with van der Waals surface area (Å²) in [5.74, 6) is -0.0469. The van der Waals surface area contributed by atoms with E-state index in [1.807, 2.05) is 78.9 Å². The van der Waals surface area contributed by atoms with Crippen molar-refractivity contribution in [2.75, 3.05) is 13.9 Å². The third kappa shape index (κ3) is 3.57. The highest BCUT2D eigenvalue weighted by Crippen LogP contribution is 2.40. The topological polar surface area (TPSA) is 65.0 Å². The Morgan fingerprint density at radius 3 is 2.14 bits per heavy atom. The number of fused-ring (bicyclic) bond motifs is 1. The van der Waals surface area contributed by atoms with Gasteiger partial charge in [-0.15, -0.1) is 0 Å². The highest BCUT2D eigenvalue weighted by atomic mass is 16.7. The van der Waals surface area contributed by atoms with Gasteiger partial charge in [0, 0.05) is 0 Å². The summed E-state index contributed by atoms with van der Waals surface area (Å²) in [5, 5.41) is 12.0. The molecule has 0 amide bonds. The van der Waals surface area contributed by atoms with Crippen LogP contribution in [0.3, 0.4) is 0 Å². The Labute approximate surface area is 169 Å². The largest absolute Gasteiger partial charge is 0.469 e. The molecule has 1 atom stereocenters. The van der Waals surface area contributed by atoms with E-state index < -0.39 is 17.5 Å². The molecule has 5 heteroatoms. The first-order valence-electron chi connectivity index (χ1n) is 9.42. The standard InChI is InChI=1S/C24H22O5/c1-27-23(25)20(14-17-12-13-21-22(15-17)29-16-28-21)24(26,18-8-4-2-5-9-18)19-10-6-3-7-11-19/h2-13,15,20,26H,14,16H2,1H3. The highest BCUT2D eigenvalue weighted by Gasteiger charge is 2.45. The highest BCUT2D eigenvalue weighted by molar-refractivity contribution is 5.76. The predicted octanol–water partition coefficient (Wildman–Crippen LogP) is 3.68. The number of aliphatic hydroxyl groups is 1. The Bertz CT molecular complexity index is 945. The average molecular weight is 390 g/mol. The van der Waals surface area contributed by atoms with E-state index in [9.17, 15) is 9.90 Å². The lowest BCUT2D eigenvalue weighted by molar-refractivity contribution is -0.154. The Kier molecular flexibility index (Phi) is 5.23. The average Bonchev–Trinajstić information content (AvgIpc) is 3.25. The third-order valence-corrected chi connectivity index (χ3v) is 5.29. The number of carbonyl (C=O) groups excluding carboxylic acids is 1. The second-order valence-electron chi connectivity index (χ2n) is 6.97. The Balaban J connectivity index is 1.81. The molecule has 5 nitrogen and oxygen atoms in total. The normalized spacial score (nSPS) is 13.7.